The summed E-state index contributed by atoms with van der Waals surface area (Å²) >= 11 is 13.2. The van der Waals surface area contributed by atoms with Gasteiger partial charge in [-0.05, 0) is 29.3 Å². The Balaban J connectivity index is 2.63. The van der Waals surface area contributed by atoms with Crippen molar-refractivity contribution in [2.45, 2.75) is 32.2 Å². The fourth-order valence-electron chi connectivity index (χ4n) is 2.08. The summed E-state index contributed by atoms with van der Waals surface area (Å²) in [5, 5.41) is 20.9. The highest BCUT2D eigenvalue weighted by atomic mass is 35.5. The van der Waals surface area contributed by atoms with E-state index in [9.17, 15) is 9.90 Å². The summed E-state index contributed by atoms with van der Waals surface area (Å²) < 4.78 is 2.24. The van der Waals surface area contributed by atoms with Crippen LogP contribution in [0.1, 0.15) is 26.7 Å². The maximum absolute atomic E-state index is 11.7. The number of hydrogen-bond donors (Lipinski definition) is 1. The maximum atomic E-state index is 11.7. The number of carboxylic acids is 1. The topological polar surface area (TPSA) is 80.9 Å². The molecule has 2 aromatic rings. The van der Waals surface area contributed by atoms with Gasteiger partial charge in [0, 0.05) is 0 Å². The van der Waals surface area contributed by atoms with E-state index >= 15 is 0 Å². The number of hydrogen-bond acceptors (Lipinski definition) is 5. The number of aromatic nitrogens is 4. The van der Waals surface area contributed by atoms with Gasteiger partial charge in [-0.1, -0.05) is 37.0 Å². The number of aliphatic carboxylic acids is 1. The Kier molecular flexibility index (Phi) is 4.31. The third kappa shape index (κ3) is 2.30. The summed E-state index contributed by atoms with van der Waals surface area (Å²) in [5.74, 6) is -0.669. The first-order valence-electron chi connectivity index (χ1n) is 5.93. The summed E-state index contributed by atoms with van der Waals surface area (Å²) in [4.78, 5) is 11.7. The minimum absolute atomic E-state index is 0.309. The lowest BCUT2D eigenvalue weighted by molar-refractivity contribution is -0.148. The minimum atomic E-state index is -1.20. The Hall–Kier alpha value is -1.18. The summed E-state index contributed by atoms with van der Waals surface area (Å²) in [6, 6.07) is 1.63. The maximum Gasteiger partial charge on any atom is 0.331 e. The molecule has 0 spiro atoms. The van der Waals surface area contributed by atoms with Gasteiger partial charge in [0.15, 0.2) is 11.4 Å². The Morgan fingerprint density at radius 3 is 2.55 bits per heavy atom. The molecule has 2 aromatic heterocycles. The molecule has 0 aliphatic heterocycles. The second kappa shape index (κ2) is 5.67. The van der Waals surface area contributed by atoms with Crippen LogP contribution in [0.25, 0.3) is 11.4 Å². The average Bonchev–Trinajstić information content (AvgIpc) is 2.98. The molecular weight excluding hydrogens is 323 g/mol. The first-order valence-corrected chi connectivity index (χ1v) is 7.51. The highest BCUT2D eigenvalue weighted by molar-refractivity contribution is 7.20. The molecule has 9 heteroatoms. The summed E-state index contributed by atoms with van der Waals surface area (Å²) in [6.45, 7) is 3.57. The van der Waals surface area contributed by atoms with Gasteiger partial charge in [-0.15, -0.1) is 16.4 Å². The van der Waals surface area contributed by atoms with Gasteiger partial charge in [0.05, 0.1) is 9.90 Å². The molecule has 2 heterocycles. The summed E-state index contributed by atoms with van der Waals surface area (Å²) in [6.07, 6.45) is 0.707. The van der Waals surface area contributed by atoms with E-state index in [0.717, 1.165) is 0 Å². The van der Waals surface area contributed by atoms with E-state index in [4.69, 9.17) is 23.2 Å². The van der Waals surface area contributed by atoms with Crippen LogP contribution in [0.3, 0.4) is 0 Å². The molecule has 108 valence electrons. The van der Waals surface area contributed by atoms with Crippen molar-refractivity contribution in [1.82, 2.24) is 20.2 Å². The van der Waals surface area contributed by atoms with Crippen molar-refractivity contribution >= 4 is 40.5 Å². The lowest BCUT2D eigenvalue weighted by Crippen LogP contribution is -2.42. The minimum Gasteiger partial charge on any atom is -0.479 e. The lowest BCUT2D eigenvalue weighted by atomic mass is 9.93. The molecule has 0 bridgehead atoms. The van der Waals surface area contributed by atoms with Gasteiger partial charge >= 0.3 is 5.97 Å². The second-order valence-electron chi connectivity index (χ2n) is 4.20. The van der Waals surface area contributed by atoms with Gasteiger partial charge in [-0.3, -0.25) is 0 Å². The van der Waals surface area contributed by atoms with Gasteiger partial charge in [-0.25, -0.2) is 9.48 Å². The highest BCUT2D eigenvalue weighted by Crippen LogP contribution is 2.39. The molecule has 0 saturated heterocycles. The van der Waals surface area contributed by atoms with Crippen molar-refractivity contribution in [1.29, 1.82) is 0 Å². The number of carbonyl (C=O) groups is 1. The van der Waals surface area contributed by atoms with Crippen LogP contribution >= 0.6 is 34.5 Å². The van der Waals surface area contributed by atoms with Crippen LogP contribution in [-0.4, -0.2) is 31.3 Å². The van der Waals surface area contributed by atoms with Gasteiger partial charge < -0.3 is 5.11 Å². The molecular formula is C11H12Cl2N4O2S. The smallest absolute Gasteiger partial charge is 0.331 e. The van der Waals surface area contributed by atoms with Crippen molar-refractivity contribution in [2.75, 3.05) is 0 Å². The van der Waals surface area contributed by atoms with Crippen LogP contribution in [0.5, 0.6) is 0 Å². The van der Waals surface area contributed by atoms with Gasteiger partial charge in [0.2, 0.25) is 0 Å². The Morgan fingerprint density at radius 1 is 1.45 bits per heavy atom. The Labute approximate surface area is 129 Å². The molecule has 0 aromatic carbocycles. The van der Waals surface area contributed by atoms with Gasteiger partial charge in [-0.2, -0.15) is 0 Å². The molecule has 0 aliphatic rings. The summed E-state index contributed by atoms with van der Waals surface area (Å²) in [5.41, 5.74) is -0.657. The Bertz CT molecular complexity index is 636. The van der Waals surface area contributed by atoms with Crippen molar-refractivity contribution in [3.8, 4) is 11.4 Å². The van der Waals surface area contributed by atoms with Crippen LogP contribution < -0.4 is 0 Å². The predicted molar refractivity (Wildman–Crippen MR) is 77.3 cm³/mol. The van der Waals surface area contributed by atoms with Crippen LogP contribution in [0, 0.1) is 0 Å². The summed E-state index contributed by atoms with van der Waals surface area (Å²) in [7, 11) is 0. The SMILES string of the molecule is CCC(CC)(C(=O)O)n1nnnc1-c1cc(Cl)sc1Cl. The van der Waals surface area contributed by atoms with Crippen molar-refractivity contribution in [3.63, 3.8) is 0 Å². The zero-order chi connectivity index (χ0) is 14.9. The zero-order valence-corrected chi connectivity index (χ0v) is 13.1. The van der Waals surface area contributed by atoms with Gasteiger partial charge in [0.1, 0.15) is 4.34 Å². The molecule has 1 N–H and O–H groups in total. The molecule has 2 rings (SSSR count). The first kappa shape index (κ1) is 15.2. The average molecular weight is 335 g/mol. The molecule has 0 amide bonds. The lowest BCUT2D eigenvalue weighted by Gasteiger charge is -2.27. The number of halogens is 2. The number of nitrogens with zero attached hydrogens (tertiary/aromatic N) is 4. The van der Waals surface area contributed by atoms with Crippen LogP contribution in [0.4, 0.5) is 0 Å². The molecule has 0 unspecified atom stereocenters. The molecule has 6 nitrogen and oxygen atoms in total. The van der Waals surface area contributed by atoms with Crippen LogP contribution in [0.15, 0.2) is 6.07 Å². The second-order valence-corrected chi connectivity index (χ2v) is 6.48. The van der Waals surface area contributed by atoms with Crippen molar-refractivity contribution in [3.05, 3.63) is 14.7 Å². The van der Waals surface area contributed by atoms with Crippen LogP contribution in [-0.2, 0) is 10.3 Å². The molecule has 20 heavy (non-hydrogen) atoms. The molecule has 0 radical (unpaired) electrons. The fourth-order valence-corrected chi connectivity index (χ4v) is 3.53. The Morgan fingerprint density at radius 2 is 2.10 bits per heavy atom. The van der Waals surface area contributed by atoms with Gasteiger partial charge in [0.25, 0.3) is 0 Å². The van der Waals surface area contributed by atoms with E-state index in [1.807, 2.05) is 0 Å². The monoisotopic (exact) mass is 334 g/mol. The number of rotatable bonds is 5. The zero-order valence-electron chi connectivity index (χ0n) is 10.8. The number of tetrazole rings is 1. The third-order valence-electron chi connectivity index (χ3n) is 3.34. The number of thiophene rings is 1. The van der Waals surface area contributed by atoms with E-state index in [2.05, 4.69) is 15.5 Å². The molecule has 0 atom stereocenters. The van der Waals surface area contributed by atoms with Crippen molar-refractivity contribution in [2.24, 2.45) is 0 Å². The quantitative estimate of drug-likeness (QED) is 0.907. The number of carboxylic acid groups (broad SMARTS) is 1. The van der Waals surface area contributed by atoms with Crippen molar-refractivity contribution < 1.29 is 9.90 Å². The predicted octanol–water partition coefficient (Wildman–Crippen LogP) is 3.31. The van der Waals surface area contributed by atoms with Crippen LogP contribution in [0.2, 0.25) is 8.67 Å². The van der Waals surface area contributed by atoms with E-state index in [1.165, 1.54) is 16.0 Å². The van der Waals surface area contributed by atoms with E-state index in [0.29, 0.717) is 32.9 Å². The normalized spacial score (nSPS) is 11.8. The van der Waals surface area contributed by atoms with E-state index in [-0.39, 0.29) is 0 Å². The van der Waals surface area contributed by atoms with E-state index < -0.39 is 11.5 Å². The van der Waals surface area contributed by atoms with E-state index in [1.54, 1.807) is 19.9 Å². The molecule has 0 aliphatic carbocycles. The largest absolute Gasteiger partial charge is 0.479 e. The molecule has 0 saturated carbocycles. The highest BCUT2D eigenvalue weighted by Gasteiger charge is 2.41. The molecule has 0 fully saturated rings. The first-order chi connectivity index (χ1) is 9.46. The third-order valence-corrected chi connectivity index (χ3v) is 4.83. The standard InChI is InChI=1S/C11H12Cl2N4O2S/c1-3-11(4-2,10(18)19)17-9(14-15-16-17)6-5-7(12)20-8(6)13/h5H,3-4H2,1-2H3,(H,18,19). The fraction of sp³-hybridized carbons (Fsp3) is 0.455.